The first-order chi connectivity index (χ1) is 19.0. The van der Waals surface area contributed by atoms with E-state index in [1.165, 1.54) is 28.5 Å². The van der Waals surface area contributed by atoms with E-state index in [2.05, 4.69) is 6.58 Å². The summed E-state index contributed by atoms with van der Waals surface area (Å²) < 4.78 is 17.7. The molecule has 3 aromatic rings. The van der Waals surface area contributed by atoms with Gasteiger partial charge in [0.2, 0.25) is 11.8 Å². The Kier molecular flexibility index (Phi) is 5.81. The van der Waals surface area contributed by atoms with Crippen LogP contribution in [0.4, 0.5) is 10.1 Å². The van der Waals surface area contributed by atoms with Gasteiger partial charge in [0.25, 0.3) is 0 Å². The molecule has 1 N–H and O–H groups in total. The number of para-hydroxylation sites is 1. The number of halogens is 2. The number of carbonyl (C=O) groups excluding carboxylic acids is 2. The van der Waals surface area contributed by atoms with E-state index < -0.39 is 52.3 Å². The average molecular weight is 565 g/mol. The highest BCUT2D eigenvalue weighted by atomic mass is 35.5. The highest BCUT2D eigenvalue weighted by Crippen LogP contribution is 2.62. The van der Waals surface area contributed by atoms with Crippen LogP contribution in [0.5, 0.6) is 5.75 Å². The van der Waals surface area contributed by atoms with Gasteiger partial charge in [0.15, 0.2) is 0 Å². The number of fused-ring (bicyclic) bond motifs is 4. The van der Waals surface area contributed by atoms with E-state index in [-0.39, 0.29) is 29.4 Å². The van der Waals surface area contributed by atoms with Crippen LogP contribution in [0.3, 0.4) is 0 Å². The second-order valence-electron chi connectivity index (χ2n) is 10.7. The van der Waals surface area contributed by atoms with Gasteiger partial charge in [-0.05, 0) is 49.1 Å². The molecule has 11 heteroatoms. The molecule has 1 aromatic heterocycles. The first-order valence-corrected chi connectivity index (χ1v) is 13.2. The number of benzene rings is 2. The third-order valence-corrected chi connectivity index (χ3v) is 9.01. The Morgan fingerprint density at radius 3 is 2.62 bits per heavy atom. The lowest BCUT2D eigenvalue weighted by Crippen LogP contribution is -2.49. The third kappa shape index (κ3) is 3.32. The molecule has 40 heavy (non-hydrogen) atoms. The number of amides is 2. The molecular formula is C29H26ClFN4O5. The second-order valence-corrected chi connectivity index (χ2v) is 11.1. The first kappa shape index (κ1) is 26.1. The fraction of sp³-hybridized carbons (Fsp3) is 0.310. The molecule has 206 valence electrons. The lowest BCUT2D eigenvalue weighted by Gasteiger charge is -2.47. The highest BCUT2D eigenvalue weighted by Gasteiger charge is 2.65. The van der Waals surface area contributed by atoms with E-state index in [4.69, 9.17) is 11.6 Å². The number of aromatic nitrogens is 3. The van der Waals surface area contributed by atoms with E-state index in [0.29, 0.717) is 23.1 Å². The summed E-state index contributed by atoms with van der Waals surface area (Å²) in [6, 6.07) is 8.16. The molecular weight excluding hydrogens is 539 g/mol. The van der Waals surface area contributed by atoms with Crippen molar-refractivity contribution in [3.8, 4) is 5.75 Å². The van der Waals surface area contributed by atoms with Crippen LogP contribution < -0.4 is 16.3 Å². The summed E-state index contributed by atoms with van der Waals surface area (Å²) in [6.07, 6.45) is 3.91. The van der Waals surface area contributed by atoms with E-state index in [9.17, 15) is 28.7 Å². The van der Waals surface area contributed by atoms with Gasteiger partial charge < -0.3 is 5.11 Å². The summed E-state index contributed by atoms with van der Waals surface area (Å²) in [5.74, 6) is -3.49. The molecule has 3 heterocycles. The van der Waals surface area contributed by atoms with E-state index >= 15 is 0 Å². The Balaban J connectivity index is 1.60. The minimum absolute atomic E-state index is 0.0270. The summed E-state index contributed by atoms with van der Waals surface area (Å²) in [6.45, 7) is 5.54. The maximum atomic E-state index is 14.3. The molecule has 1 saturated carbocycles. The molecule has 0 spiro atoms. The Morgan fingerprint density at radius 1 is 1.18 bits per heavy atom. The molecule has 3 aliphatic rings. The number of aromatic hydroxyl groups is 1. The number of carbonyl (C=O) groups is 2. The van der Waals surface area contributed by atoms with Crippen LogP contribution in [0.25, 0.3) is 0 Å². The van der Waals surface area contributed by atoms with Crippen molar-refractivity contribution in [2.45, 2.75) is 38.3 Å². The quantitative estimate of drug-likeness (QED) is 0.386. The van der Waals surface area contributed by atoms with Gasteiger partial charge in [-0.2, -0.15) is 0 Å². The van der Waals surface area contributed by atoms with Crippen LogP contribution >= 0.6 is 11.6 Å². The largest absolute Gasteiger partial charge is 0.507 e. The van der Waals surface area contributed by atoms with Crippen LogP contribution in [-0.2, 0) is 29.6 Å². The fourth-order valence-corrected chi connectivity index (χ4v) is 6.94. The van der Waals surface area contributed by atoms with Crippen molar-refractivity contribution < 1.29 is 19.1 Å². The van der Waals surface area contributed by atoms with Crippen LogP contribution in [0.1, 0.15) is 36.4 Å². The zero-order valence-corrected chi connectivity index (χ0v) is 22.6. The summed E-state index contributed by atoms with van der Waals surface area (Å²) >= 11 is 6.01. The minimum Gasteiger partial charge on any atom is -0.507 e. The van der Waals surface area contributed by atoms with Gasteiger partial charge in [-0.15, -0.1) is 6.58 Å². The van der Waals surface area contributed by atoms with Crippen LogP contribution in [0.2, 0.25) is 5.02 Å². The Bertz CT molecular complexity index is 1790. The molecule has 2 fully saturated rings. The summed E-state index contributed by atoms with van der Waals surface area (Å²) in [7, 11) is 1.39. The smallest absolute Gasteiger partial charge is 0.347 e. The number of rotatable bonds is 4. The summed E-state index contributed by atoms with van der Waals surface area (Å²) in [4.78, 5) is 55.4. The van der Waals surface area contributed by atoms with Gasteiger partial charge in [-0.1, -0.05) is 42.0 Å². The van der Waals surface area contributed by atoms with E-state index in [0.717, 1.165) is 15.5 Å². The van der Waals surface area contributed by atoms with Crippen LogP contribution in [0, 0.1) is 17.2 Å². The number of phenols is 1. The number of phenolic OH excluding ortho intramolecular Hbond substituents is 1. The molecule has 2 aromatic carbocycles. The molecule has 1 aliphatic carbocycles. The second kappa shape index (κ2) is 8.92. The predicted molar refractivity (Wildman–Crippen MR) is 146 cm³/mol. The minimum atomic E-state index is -1.37. The van der Waals surface area contributed by atoms with Crippen molar-refractivity contribution >= 4 is 29.1 Å². The van der Waals surface area contributed by atoms with Crippen molar-refractivity contribution in [3.63, 3.8) is 0 Å². The number of imide groups is 1. The molecule has 1 saturated heterocycles. The van der Waals surface area contributed by atoms with Gasteiger partial charge in [0, 0.05) is 18.5 Å². The third-order valence-electron chi connectivity index (χ3n) is 8.72. The zero-order chi connectivity index (χ0) is 28.7. The lowest BCUT2D eigenvalue weighted by atomic mass is 9.56. The SMILES string of the molecule is C=CCc1cccc([C@H]2C3=CCn4c(=O)n(C)c(=O)n4[C@@H]3C[C@H]3C(=O)N(c4ccc(F)c(Cl)c4)C(=O)[C@@]23C)c1O. The van der Waals surface area contributed by atoms with Crippen molar-refractivity contribution in [3.05, 3.63) is 104 Å². The number of hydrogen-bond donors (Lipinski definition) is 1. The van der Waals surface area contributed by atoms with Gasteiger partial charge in [-0.25, -0.2) is 32.8 Å². The van der Waals surface area contributed by atoms with Crippen LogP contribution in [-0.4, -0.2) is 30.9 Å². The molecule has 0 bridgehead atoms. The van der Waals surface area contributed by atoms with E-state index in [1.54, 1.807) is 31.2 Å². The van der Waals surface area contributed by atoms with Crippen LogP contribution in [0.15, 0.2) is 70.3 Å². The number of allylic oxidation sites excluding steroid dienone is 3. The molecule has 2 amide bonds. The van der Waals surface area contributed by atoms with Crippen molar-refractivity contribution in [1.82, 2.24) is 13.9 Å². The normalized spacial score (nSPS) is 25.4. The molecule has 4 atom stereocenters. The lowest BCUT2D eigenvalue weighted by molar-refractivity contribution is -0.129. The maximum Gasteiger partial charge on any atom is 0.347 e. The standard InChI is InChI=1S/C29H26ClFN4O5/c1-4-6-15-7-5-8-18(24(15)36)23-17-11-12-33-27(39)32(3)28(40)35(33)22(17)14-19-25(37)34(26(38)29(19,23)2)16-9-10-21(31)20(30)13-16/h4-5,7-11,13,19,22-23,36H,1,6,12,14H2,2-3H3/t19-,22+,23+,29+/m0/s1. The molecule has 0 radical (unpaired) electrons. The van der Waals surface area contributed by atoms with Crippen molar-refractivity contribution in [2.24, 2.45) is 18.4 Å². The average Bonchev–Trinajstić information content (AvgIpc) is 3.27. The topological polar surface area (TPSA) is 107 Å². The van der Waals surface area contributed by atoms with Crippen molar-refractivity contribution in [1.29, 1.82) is 0 Å². The molecule has 0 unspecified atom stereocenters. The Morgan fingerprint density at radius 2 is 1.93 bits per heavy atom. The Hall–Kier alpha value is -4.18. The van der Waals surface area contributed by atoms with Gasteiger partial charge in [0.05, 0.1) is 34.6 Å². The molecule has 9 nitrogen and oxygen atoms in total. The highest BCUT2D eigenvalue weighted by molar-refractivity contribution is 6.31. The monoisotopic (exact) mass is 564 g/mol. The summed E-state index contributed by atoms with van der Waals surface area (Å²) in [5, 5.41) is 11.2. The van der Waals surface area contributed by atoms with Crippen molar-refractivity contribution in [2.75, 3.05) is 4.90 Å². The Labute approximate surface area is 233 Å². The van der Waals surface area contributed by atoms with E-state index in [1.807, 2.05) is 6.08 Å². The van der Waals surface area contributed by atoms with Gasteiger partial charge in [0.1, 0.15) is 11.6 Å². The fourth-order valence-electron chi connectivity index (χ4n) is 6.76. The molecule has 6 rings (SSSR count). The predicted octanol–water partition coefficient (Wildman–Crippen LogP) is 3.44. The maximum absolute atomic E-state index is 14.3. The summed E-state index contributed by atoms with van der Waals surface area (Å²) in [5.41, 5.74) is -0.569. The number of nitrogens with zero attached hydrogens (tertiary/aromatic N) is 4. The van der Waals surface area contributed by atoms with Gasteiger partial charge in [-0.3, -0.25) is 9.59 Å². The number of anilines is 1. The van der Waals surface area contributed by atoms with Gasteiger partial charge >= 0.3 is 11.4 Å². The zero-order valence-electron chi connectivity index (χ0n) is 21.8. The first-order valence-electron chi connectivity index (χ1n) is 12.9. The molecule has 2 aliphatic heterocycles. The number of hydrogen-bond acceptors (Lipinski definition) is 5.